The molecule has 0 fully saturated rings. The largest absolute Gasteiger partial charge is 0.481 e. The van der Waals surface area contributed by atoms with E-state index in [1.807, 2.05) is 0 Å². The molecule has 126 valence electrons. The molecule has 1 aromatic rings. The Morgan fingerprint density at radius 1 is 1.17 bits per heavy atom. The molecule has 0 saturated heterocycles. The van der Waals surface area contributed by atoms with Crippen LogP contribution in [0.1, 0.15) is 44.7 Å². The standard InChI is InChI=1S/C16H21ClN2O4/c1-10(3-8-16(22)23)18-15(21)9-14(19-11(2)20)12-4-6-13(17)7-5-12/h4-7,10,14H,3,8-9H2,1-2H3,(H,18,21)(H,19,20)(H,22,23). The van der Waals surface area contributed by atoms with E-state index in [9.17, 15) is 14.4 Å². The summed E-state index contributed by atoms with van der Waals surface area (Å²) in [5, 5.41) is 14.7. The number of carbonyl (C=O) groups excluding carboxylic acids is 2. The van der Waals surface area contributed by atoms with Gasteiger partial charge >= 0.3 is 5.97 Å². The van der Waals surface area contributed by atoms with Crippen molar-refractivity contribution in [1.82, 2.24) is 10.6 Å². The molecule has 0 radical (unpaired) electrons. The lowest BCUT2D eigenvalue weighted by molar-refractivity contribution is -0.137. The summed E-state index contributed by atoms with van der Waals surface area (Å²) in [5.74, 6) is -1.39. The number of hydrogen-bond acceptors (Lipinski definition) is 3. The van der Waals surface area contributed by atoms with Gasteiger partial charge in [0.25, 0.3) is 0 Å². The van der Waals surface area contributed by atoms with Crippen molar-refractivity contribution in [2.45, 2.75) is 45.2 Å². The molecular formula is C16H21ClN2O4. The van der Waals surface area contributed by atoms with Crippen LogP contribution in [0.3, 0.4) is 0 Å². The highest BCUT2D eigenvalue weighted by Crippen LogP contribution is 2.19. The molecule has 2 amide bonds. The van der Waals surface area contributed by atoms with Crippen molar-refractivity contribution < 1.29 is 19.5 Å². The van der Waals surface area contributed by atoms with Gasteiger partial charge in [0.05, 0.1) is 12.5 Å². The Kier molecular flexibility index (Phi) is 7.54. The van der Waals surface area contributed by atoms with Crippen LogP contribution in [0.2, 0.25) is 5.02 Å². The summed E-state index contributed by atoms with van der Waals surface area (Å²) in [4.78, 5) is 34.0. The zero-order chi connectivity index (χ0) is 17.4. The number of carbonyl (C=O) groups is 3. The summed E-state index contributed by atoms with van der Waals surface area (Å²) in [5.41, 5.74) is 0.776. The van der Waals surface area contributed by atoms with Crippen LogP contribution >= 0.6 is 11.6 Å². The second kappa shape index (κ2) is 9.15. The van der Waals surface area contributed by atoms with Crippen molar-refractivity contribution in [3.63, 3.8) is 0 Å². The molecule has 0 saturated carbocycles. The van der Waals surface area contributed by atoms with Crippen molar-refractivity contribution in [2.75, 3.05) is 0 Å². The molecular weight excluding hydrogens is 320 g/mol. The number of rotatable bonds is 8. The molecule has 7 heteroatoms. The minimum absolute atomic E-state index is 0.00619. The van der Waals surface area contributed by atoms with Gasteiger partial charge in [0.1, 0.15) is 0 Å². The lowest BCUT2D eigenvalue weighted by Gasteiger charge is -2.20. The zero-order valence-electron chi connectivity index (χ0n) is 13.1. The highest BCUT2D eigenvalue weighted by Gasteiger charge is 2.18. The maximum atomic E-state index is 12.1. The lowest BCUT2D eigenvalue weighted by atomic mass is 10.0. The molecule has 3 N–H and O–H groups in total. The third-order valence-electron chi connectivity index (χ3n) is 3.24. The minimum Gasteiger partial charge on any atom is -0.481 e. The molecule has 2 atom stereocenters. The number of nitrogens with one attached hydrogen (secondary N) is 2. The normalized spacial score (nSPS) is 13.0. The van der Waals surface area contributed by atoms with Crippen molar-refractivity contribution in [3.05, 3.63) is 34.9 Å². The van der Waals surface area contributed by atoms with Gasteiger partial charge in [-0.25, -0.2) is 0 Å². The first-order valence-electron chi connectivity index (χ1n) is 7.31. The quantitative estimate of drug-likeness (QED) is 0.676. The van der Waals surface area contributed by atoms with E-state index in [0.29, 0.717) is 11.4 Å². The average Bonchev–Trinajstić information content (AvgIpc) is 2.44. The van der Waals surface area contributed by atoms with Gasteiger partial charge in [0.15, 0.2) is 0 Å². The van der Waals surface area contributed by atoms with E-state index in [-0.39, 0.29) is 30.7 Å². The number of hydrogen-bond donors (Lipinski definition) is 3. The number of amides is 2. The van der Waals surface area contributed by atoms with Crippen molar-refractivity contribution >= 4 is 29.4 Å². The number of carboxylic acids is 1. The van der Waals surface area contributed by atoms with Gasteiger partial charge in [0.2, 0.25) is 11.8 Å². The lowest BCUT2D eigenvalue weighted by Crippen LogP contribution is -2.37. The number of benzene rings is 1. The molecule has 0 heterocycles. The maximum absolute atomic E-state index is 12.1. The van der Waals surface area contributed by atoms with E-state index in [0.717, 1.165) is 5.56 Å². The molecule has 0 aromatic heterocycles. The van der Waals surface area contributed by atoms with Gasteiger partial charge < -0.3 is 15.7 Å². The number of carboxylic acid groups (broad SMARTS) is 1. The number of halogens is 1. The van der Waals surface area contributed by atoms with Gasteiger partial charge in [0, 0.05) is 24.4 Å². The Bertz CT molecular complexity index is 560. The average molecular weight is 341 g/mol. The Morgan fingerprint density at radius 2 is 1.78 bits per heavy atom. The van der Waals surface area contributed by atoms with E-state index in [4.69, 9.17) is 16.7 Å². The maximum Gasteiger partial charge on any atom is 0.303 e. The van der Waals surface area contributed by atoms with E-state index in [2.05, 4.69) is 10.6 Å². The Balaban J connectivity index is 2.65. The van der Waals surface area contributed by atoms with Crippen molar-refractivity contribution in [1.29, 1.82) is 0 Å². The molecule has 0 bridgehead atoms. The first-order chi connectivity index (χ1) is 10.8. The molecule has 6 nitrogen and oxygen atoms in total. The fourth-order valence-corrected chi connectivity index (χ4v) is 2.25. The molecule has 0 spiro atoms. The first kappa shape index (κ1) is 19.0. The van der Waals surface area contributed by atoms with E-state index < -0.39 is 12.0 Å². The molecule has 2 unspecified atom stereocenters. The molecule has 0 aliphatic carbocycles. The smallest absolute Gasteiger partial charge is 0.303 e. The van der Waals surface area contributed by atoms with Crippen LogP contribution in [-0.2, 0) is 14.4 Å². The van der Waals surface area contributed by atoms with E-state index >= 15 is 0 Å². The summed E-state index contributed by atoms with van der Waals surface area (Å²) in [6.07, 6.45) is 0.416. The Labute approximate surface area is 140 Å². The van der Waals surface area contributed by atoms with Gasteiger partial charge in [-0.15, -0.1) is 0 Å². The first-order valence-corrected chi connectivity index (χ1v) is 7.69. The van der Waals surface area contributed by atoms with Crippen molar-refractivity contribution in [2.24, 2.45) is 0 Å². The van der Waals surface area contributed by atoms with Gasteiger partial charge in [-0.2, -0.15) is 0 Å². The van der Waals surface area contributed by atoms with E-state index in [1.54, 1.807) is 31.2 Å². The van der Waals surface area contributed by atoms with Crippen LogP contribution in [0.4, 0.5) is 0 Å². The molecule has 0 aliphatic heterocycles. The van der Waals surface area contributed by atoms with Crippen LogP contribution in [-0.4, -0.2) is 28.9 Å². The topological polar surface area (TPSA) is 95.5 Å². The third-order valence-corrected chi connectivity index (χ3v) is 3.49. The molecule has 23 heavy (non-hydrogen) atoms. The van der Waals surface area contributed by atoms with Crippen LogP contribution in [0, 0.1) is 0 Å². The molecule has 1 aromatic carbocycles. The van der Waals surface area contributed by atoms with Gasteiger partial charge in [-0.05, 0) is 31.0 Å². The third kappa shape index (κ3) is 7.65. The van der Waals surface area contributed by atoms with Gasteiger partial charge in [-0.3, -0.25) is 14.4 Å². The predicted molar refractivity (Wildman–Crippen MR) is 87.1 cm³/mol. The SMILES string of the molecule is CC(=O)NC(CC(=O)NC(C)CCC(=O)O)c1ccc(Cl)cc1. The van der Waals surface area contributed by atoms with Crippen LogP contribution in [0.5, 0.6) is 0 Å². The summed E-state index contributed by atoms with van der Waals surface area (Å²) >= 11 is 5.84. The summed E-state index contributed by atoms with van der Waals surface area (Å²) in [6, 6.07) is 6.19. The Hall–Kier alpha value is -2.08. The molecule has 1 rings (SSSR count). The van der Waals surface area contributed by atoms with Crippen LogP contribution in [0.15, 0.2) is 24.3 Å². The highest BCUT2D eigenvalue weighted by molar-refractivity contribution is 6.30. The zero-order valence-corrected chi connectivity index (χ0v) is 13.9. The Morgan fingerprint density at radius 3 is 2.30 bits per heavy atom. The summed E-state index contributed by atoms with van der Waals surface area (Å²) in [6.45, 7) is 3.13. The summed E-state index contributed by atoms with van der Waals surface area (Å²) in [7, 11) is 0. The minimum atomic E-state index is -0.900. The highest BCUT2D eigenvalue weighted by atomic mass is 35.5. The fourth-order valence-electron chi connectivity index (χ4n) is 2.12. The monoisotopic (exact) mass is 340 g/mol. The van der Waals surface area contributed by atoms with Crippen LogP contribution in [0.25, 0.3) is 0 Å². The predicted octanol–water partition coefficient (Wildman–Crippen LogP) is 2.28. The summed E-state index contributed by atoms with van der Waals surface area (Å²) < 4.78 is 0. The number of aliphatic carboxylic acids is 1. The van der Waals surface area contributed by atoms with E-state index in [1.165, 1.54) is 6.92 Å². The van der Waals surface area contributed by atoms with Gasteiger partial charge in [-0.1, -0.05) is 23.7 Å². The van der Waals surface area contributed by atoms with Crippen LogP contribution < -0.4 is 10.6 Å². The second-order valence-electron chi connectivity index (χ2n) is 5.41. The second-order valence-corrected chi connectivity index (χ2v) is 5.85. The fraction of sp³-hybridized carbons (Fsp3) is 0.438. The molecule has 0 aliphatic rings. The van der Waals surface area contributed by atoms with Crippen molar-refractivity contribution in [3.8, 4) is 0 Å².